The minimum Gasteiger partial charge on any atom is -0.508 e. The molecular formula is C21H28N2O4. The van der Waals surface area contributed by atoms with Gasteiger partial charge in [-0.05, 0) is 42.7 Å². The Labute approximate surface area is 160 Å². The van der Waals surface area contributed by atoms with Gasteiger partial charge in [-0.1, -0.05) is 31.9 Å². The number of unbranched alkanes of at least 4 members (excludes halogenated alkanes) is 2. The van der Waals surface area contributed by atoms with Gasteiger partial charge in [-0.25, -0.2) is 0 Å². The summed E-state index contributed by atoms with van der Waals surface area (Å²) in [4.78, 5) is 12.5. The van der Waals surface area contributed by atoms with Crippen molar-refractivity contribution in [3.05, 3.63) is 47.5 Å². The summed E-state index contributed by atoms with van der Waals surface area (Å²) in [6.07, 6.45) is 3.74. The lowest BCUT2D eigenvalue weighted by atomic mass is 10.1. The Morgan fingerprint density at radius 1 is 1.15 bits per heavy atom. The van der Waals surface area contributed by atoms with E-state index in [0.29, 0.717) is 36.6 Å². The lowest BCUT2D eigenvalue weighted by molar-refractivity contribution is 0.0954. The average molecular weight is 372 g/mol. The Kier molecular flexibility index (Phi) is 7.79. The lowest BCUT2D eigenvalue weighted by Gasteiger charge is -2.16. The quantitative estimate of drug-likeness (QED) is 0.438. The SMILES string of the molecule is CCCCCOc1c(OC)ccc(C(=O)NCCc2ccc(O)cc2)c1N. The first-order valence-electron chi connectivity index (χ1n) is 9.22. The van der Waals surface area contributed by atoms with E-state index in [2.05, 4.69) is 12.2 Å². The second-order valence-electron chi connectivity index (χ2n) is 6.29. The van der Waals surface area contributed by atoms with Crippen LogP contribution in [0.15, 0.2) is 36.4 Å². The highest BCUT2D eigenvalue weighted by molar-refractivity contribution is 6.01. The number of amides is 1. The molecule has 0 unspecified atom stereocenters. The van der Waals surface area contributed by atoms with Gasteiger partial charge in [0.1, 0.15) is 5.75 Å². The van der Waals surface area contributed by atoms with Crippen LogP contribution in [0.3, 0.4) is 0 Å². The smallest absolute Gasteiger partial charge is 0.253 e. The van der Waals surface area contributed by atoms with Crippen molar-refractivity contribution in [3.8, 4) is 17.2 Å². The molecule has 0 aliphatic rings. The minimum absolute atomic E-state index is 0.222. The largest absolute Gasteiger partial charge is 0.508 e. The molecule has 0 aliphatic carbocycles. The number of nitrogens with two attached hydrogens (primary N) is 1. The normalized spacial score (nSPS) is 10.4. The number of phenolic OH excluding ortho intramolecular Hbond substituents is 1. The highest BCUT2D eigenvalue weighted by Crippen LogP contribution is 2.36. The first-order valence-corrected chi connectivity index (χ1v) is 9.22. The summed E-state index contributed by atoms with van der Waals surface area (Å²) in [5, 5.41) is 12.2. The van der Waals surface area contributed by atoms with E-state index in [1.807, 2.05) is 12.1 Å². The molecule has 6 heteroatoms. The summed E-state index contributed by atoms with van der Waals surface area (Å²) in [6, 6.07) is 10.2. The van der Waals surface area contributed by atoms with Gasteiger partial charge in [0.25, 0.3) is 5.91 Å². The number of methoxy groups -OCH3 is 1. The number of carbonyl (C=O) groups excluding carboxylic acids is 1. The standard InChI is InChI=1S/C21H28N2O4/c1-3-4-5-14-27-20-18(26-2)11-10-17(19(20)22)21(25)23-13-12-15-6-8-16(24)9-7-15/h6-11,24H,3-5,12-14,22H2,1-2H3,(H,23,25). The summed E-state index contributed by atoms with van der Waals surface area (Å²) in [6.45, 7) is 3.11. The highest BCUT2D eigenvalue weighted by Gasteiger charge is 2.17. The number of hydrogen-bond donors (Lipinski definition) is 3. The van der Waals surface area contributed by atoms with Gasteiger partial charge >= 0.3 is 0 Å². The molecule has 2 aromatic rings. The van der Waals surface area contributed by atoms with Gasteiger partial charge in [-0.3, -0.25) is 4.79 Å². The van der Waals surface area contributed by atoms with Crippen LogP contribution in [-0.4, -0.2) is 31.3 Å². The molecule has 0 bridgehead atoms. The summed E-state index contributed by atoms with van der Waals surface area (Å²) in [7, 11) is 1.55. The maximum atomic E-state index is 12.5. The fourth-order valence-corrected chi connectivity index (χ4v) is 2.69. The molecule has 0 aromatic heterocycles. The van der Waals surface area contributed by atoms with Crippen molar-refractivity contribution in [3.63, 3.8) is 0 Å². The van der Waals surface area contributed by atoms with Gasteiger partial charge in [-0.15, -0.1) is 0 Å². The van der Waals surface area contributed by atoms with Gasteiger partial charge in [0.15, 0.2) is 11.5 Å². The van der Waals surface area contributed by atoms with Gasteiger partial charge in [0.05, 0.1) is 25.0 Å². The van der Waals surface area contributed by atoms with E-state index < -0.39 is 0 Å². The molecule has 0 atom stereocenters. The molecule has 0 aliphatic heterocycles. The average Bonchev–Trinajstić information content (AvgIpc) is 2.67. The van der Waals surface area contributed by atoms with Crippen molar-refractivity contribution in [1.29, 1.82) is 0 Å². The highest BCUT2D eigenvalue weighted by atomic mass is 16.5. The molecule has 0 saturated heterocycles. The maximum Gasteiger partial charge on any atom is 0.253 e. The Balaban J connectivity index is 2.00. The van der Waals surface area contributed by atoms with Crippen molar-refractivity contribution in [2.45, 2.75) is 32.6 Å². The van der Waals surface area contributed by atoms with E-state index in [9.17, 15) is 9.90 Å². The number of nitrogens with one attached hydrogen (secondary N) is 1. The summed E-state index contributed by atoms with van der Waals surface area (Å²) < 4.78 is 11.1. The molecule has 4 N–H and O–H groups in total. The molecule has 146 valence electrons. The molecular weight excluding hydrogens is 344 g/mol. The number of anilines is 1. The predicted octanol–water partition coefficient (Wildman–Crippen LogP) is 3.52. The number of phenols is 1. The van der Waals surface area contributed by atoms with Crippen LogP contribution < -0.4 is 20.5 Å². The van der Waals surface area contributed by atoms with Crippen molar-refractivity contribution >= 4 is 11.6 Å². The monoisotopic (exact) mass is 372 g/mol. The summed E-state index contributed by atoms with van der Waals surface area (Å²) in [5.74, 6) is 0.900. The fraction of sp³-hybridized carbons (Fsp3) is 0.381. The van der Waals surface area contributed by atoms with Crippen LogP contribution in [0.1, 0.15) is 42.1 Å². The minimum atomic E-state index is -0.257. The number of rotatable bonds is 10. The first kappa shape index (κ1) is 20.4. The lowest BCUT2D eigenvalue weighted by Crippen LogP contribution is -2.26. The molecule has 0 fully saturated rings. The van der Waals surface area contributed by atoms with Crippen LogP contribution in [0, 0.1) is 0 Å². The van der Waals surface area contributed by atoms with Crippen LogP contribution in [0.4, 0.5) is 5.69 Å². The van der Waals surface area contributed by atoms with Gasteiger partial charge in [0, 0.05) is 6.54 Å². The molecule has 0 saturated carbocycles. The summed E-state index contributed by atoms with van der Waals surface area (Å²) >= 11 is 0. The van der Waals surface area contributed by atoms with Crippen molar-refractivity contribution in [1.82, 2.24) is 5.32 Å². The number of benzene rings is 2. The van der Waals surface area contributed by atoms with Gasteiger partial charge in [0.2, 0.25) is 0 Å². The zero-order chi connectivity index (χ0) is 19.6. The number of carbonyl (C=O) groups is 1. The zero-order valence-corrected chi connectivity index (χ0v) is 16.0. The van der Waals surface area contributed by atoms with E-state index in [1.165, 1.54) is 0 Å². The Bertz CT molecular complexity index is 745. The molecule has 6 nitrogen and oxygen atoms in total. The molecule has 0 radical (unpaired) electrons. The van der Waals surface area contributed by atoms with Crippen LogP contribution in [0.5, 0.6) is 17.2 Å². The zero-order valence-electron chi connectivity index (χ0n) is 16.0. The van der Waals surface area contributed by atoms with Gasteiger partial charge < -0.3 is 25.6 Å². The third kappa shape index (κ3) is 5.81. The van der Waals surface area contributed by atoms with E-state index in [1.54, 1.807) is 31.4 Å². The van der Waals surface area contributed by atoms with E-state index >= 15 is 0 Å². The molecule has 0 spiro atoms. The van der Waals surface area contributed by atoms with Crippen LogP contribution in [0.2, 0.25) is 0 Å². The molecule has 1 amide bonds. The van der Waals surface area contributed by atoms with Crippen LogP contribution >= 0.6 is 0 Å². The molecule has 27 heavy (non-hydrogen) atoms. The van der Waals surface area contributed by atoms with Crippen molar-refractivity contribution in [2.75, 3.05) is 26.0 Å². The second kappa shape index (κ2) is 10.3. The topological polar surface area (TPSA) is 93.8 Å². The molecule has 2 rings (SSSR count). The maximum absolute atomic E-state index is 12.5. The van der Waals surface area contributed by atoms with Crippen LogP contribution in [0.25, 0.3) is 0 Å². The van der Waals surface area contributed by atoms with Crippen molar-refractivity contribution < 1.29 is 19.4 Å². The Morgan fingerprint density at radius 3 is 2.56 bits per heavy atom. The third-order valence-corrected chi connectivity index (χ3v) is 4.25. The fourth-order valence-electron chi connectivity index (χ4n) is 2.69. The predicted molar refractivity (Wildman–Crippen MR) is 107 cm³/mol. The number of nitrogen functional groups attached to an aromatic ring is 1. The summed E-state index contributed by atoms with van der Waals surface area (Å²) in [5.41, 5.74) is 7.86. The molecule has 0 heterocycles. The Hall–Kier alpha value is -2.89. The van der Waals surface area contributed by atoms with Crippen LogP contribution in [-0.2, 0) is 6.42 Å². The second-order valence-corrected chi connectivity index (χ2v) is 6.29. The Morgan fingerprint density at radius 2 is 1.89 bits per heavy atom. The van der Waals surface area contributed by atoms with E-state index in [-0.39, 0.29) is 17.3 Å². The third-order valence-electron chi connectivity index (χ3n) is 4.25. The first-order chi connectivity index (χ1) is 13.1. The number of ether oxygens (including phenoxy) is 2. The van der Waals surface area contributed by atoms with Gasteiger partial charge in [-0.2, -0.15) is 0 Å². The van der Waals surface area contributed by atoms with Crippen molar-refractivity contribution in [2.24, 2.45) is 0 Å². The number of hydrogen-bond acceptors (Lipinski definition) is 5. The van der Waals surface area contributed by atoms with E-state index in [0.717, 1.165) is 24.8 Å². The van der Waals surface area contributed by atoms with E-state index in [4.69, 9.17) is 15.2 Å². The molecule has 2 aromatic carbocycles. The number of aromatic hydroxyl groups is 1.